The molecule has 9 atom stereocenters. The molecule has 0 spiro atoms. The minimum Gasteiger partial charge on any atom is -0.458 e. The lowest BCUT2D eigenvalue weighted by molar-refractivity contribution is -0.131. The van der Waals surface area contributed by atoms with Gasteiger partial charge in [0.2, 0.25) is 0 Å². The van der Waals surface area contributed by atoms with Gasteiger partial charge in [-0.3, -0.25) is 9.59 Å². The van der Waals surface area contributed by atoms with Crippen molar-refractivity contribution in [3.63, 3.8) is 0 Å². The fourth-order valence-electron chi connectivity index (χ4n) is 10.1. The van der Waals surface area contributed by atoms with Gasteiger partial charge in [0.05, 0.1) is 5.56 Å². The van der Waals surface area contributed by atoms with Gasteiger partial charge in [-0.25, -0.2) is 4.79 Å². The first kappa shape index (κ1) is 25.1. The molecule has 4 heteroatoms. The number of ketones is 2. The molecular formula is C33H42O4. The van der Waals surface area contributed by atoms with Gasteiger partial charge in [-0.15, -0.1) is 0 Å². The van der Waals surface area contributed by atoms with E-state index in [1.807, 2.05) is 30.3 Å². The van der Waals surface area contributed by atoms with Crippen LogP contribution >= 0.6 is 0 Å². The minimum absolute atomic E-state index is 0.0185. The van der Waals surface area contributed by atoms with Gasteiger partial charge in [0, 0.05) is 24.7 Å². The average molecular weight is 503 g/mol. The third kappa shape index (κ3) is 3.96. The minimum atomic E-state index is -0.217. The zero-order chi connectivity index (χ0) is 25.9. The number of rotatable bonds is 4. The summed E-state index contributed by atoms with van der Waals surface area (Å²) in [5.74, 6) is 2.61. The lowest BCUT2D eigenvalue weighted by Gasteiger charge is -2.58. The molecule has 5 aliphatic rings. The van der Waals surface area contributed by atoms with Crippen molar-refractivity contribution in [3.8, 4) is 0 Å². The molecule has 0 aromatic heterocycles. The van der Waals surface area contributed by atoms with E-state index < -0.39 is 0 Å². The first-order valence-corrected chi connectivity index (χ1v) is 14.7. The molecule has 4 nitrogen and oxygen atoms in total. The Morgan fingerprint density at radius 1 is 0.973 bits per heavy atom. The Balaban J connectivity index is 1.23. The maximum atomic E-state index is 13.1. The van der Waals surface area contributed by atoms with Crippen LogP contribution in [0.15, 0.2) is 42.0 Å². The van der Waals surface area contributed by atoms with E-state index in [4.69, 9.17) is 4.74 Å². The Kier molecular flexibility index (Phi) is 6.24. The van der Waals surface area contributed by atoms with Crippen molar-refractivity contribution < 1.29 is 19.1 Å². The third-order valence-corrected chi connectivity index (χ3v) is 11.8. The number of ether oxygens (including phenoxy) is 1. The number of carbonyl (C=O) groups is 3. The molecule has 0 saturated heterocycles. The predicted molar refractivity (Wildman–Crippen MR) is 143 cm³/mol. The van der Waals surface area contributed by atoms with E-state index in [1.165, 1.54) is 5.57 Å². The average Bonchev–Trinajstić information content (AvgIpc) is 3.44. The lowest BCUT2D eigenvalue weighted by atomic mass is 9.47. The van der Waals surface area contributed by atoms with Crippen molar-refractivity contribution >= 4 is 17.5 Å². The number of allylic oxidation sites excluding steroid dienone is 1. The Hall–Kier alpha value is -2.23. The molecule has 1 aromatic rings. The van der Waals surface area contributed by atoms with E-state index in [0.29, 0.717) is 41.3 Å². The summed E-state index contributed by atoms with van der Waals surface area (Å²) in [6.07, 6.45) is 12.3. The first-order chi connectivity index (χ1) is 17.7. The smallest absolute Gasteiger partial charge is 0.338 e. The fourth-order valence-corrected chi connectivity index (χ4v) is 10.1. The zero-order valence-electron chi connectivity index (χ0n) is 22.7. The van der Waals surface area contributed by atoms with E-state index in [1.54, 1.807) is 6.92 Å². The van der Waals surface area contributed by atoms with Crippen LogP contribution in [0.5, 0.6) is 0 Å². The fraction of sp³-hybridized carbons (Fsp3) is 0.667. The molecule has 198 valence electrons. The van der Waals surface area contributed by atoms with Gasteiger partial charge < -0.3 is 4.74 Å². The van der Waals surface area contributed by atoms with Crippen LogP contribution in [0.4, 0.5) is 0 Å². The number of hydrogen-bond donors (Lipinski definition) is 0. The van der Waals surface area contributed by atoms with Crippen molar-refractivity contribution in [3.05, 3.63) is 47.5 Å². The van der Waals surface area contributed by atoms with E-state index >= 15 is 0 Å². The molecule has 37 heavy (non-hydrogen) atoms. The molecule has 0 bridgehead atoms. The maximum Gasteiger partial charge on any atom is 0.338 e. The molecule has 1 unspecified atom stereocenters. The monoisotopic (exact) mass is 502 g/mol. The quantitative estimate of drug-likeness (QED) is 0.329. The predicted octanol–water partition coefficient (Wildman–Crippen LogP) is 6.98. The Bertz CT molecular complexity index is 1120. The number of esters is 1. The second-order valence-corrected chi connectivity index (χ2v) is 13.4. The van der Waals surface area contributed by atoms with Crippen LogP contribution in [0.2, 0.25) is 0 Å². The lowest BCUT2D eigenvalue weighted by Crippen LogP contribution is -2.51. The Labute approximate surface area is 221 Å². The molecule has 0 aliphatic heterocycles. The highest BCUT2D eigenvalue weighted by molar-refractivity contribution is 5.89. The summed E-state index contributed by atoms with van der Waals surface area (Å²) in [5, 5.41) is 0. The van der Waals surface area contributed by atoms with Gasteiger partial charge in [0.15, 0.2) is 0 Å². The number of Topliss-reactive ketones (excluding diaryl/α,β-unsaturated/α-hetero) is 2. The third-order valence-electron chi connectivity index (χ3n) is 11.8. The molecule has 0 radical (unpaired) electrons. The van der Waals surface area contributed by atoms with Crippen LogP contribution < -0.4 is 0 Å². The highest BCUT2D eigenvalue weighted by Crippen LogP contribution is 2.68. The molecule has 5 aliphatic carbocycles. The van der Waals surface area contributed by atoms with Crippen molar-refractivity contribution in [2.75, 3.05) is 0 Å². The summed E-state index contributed by atoms with van der Waals surface area (Å²) in [4.78, 5) is 38.6. The van der Waals surface area contributed by atoms with Crippen molar-refractivity contribution in [1.29, 1.82) is 0 Å². The number of benzene rings is 1. The van der Waals surface area contributed by atoms with E-state index in [2.05, 4.69) is 19.9 Å². The maximum absolute atomic E-state index is 13.1. The molecule has 4 saturated carbocycles. The highest BCUT2D eigenvalue weighted by atomic mass is 16.5. The van der Waals surface area contributed by atoms with Crippen LogP contribution in [-0.4, -0.2) is 23.6 Å². The van der Waals surface area contributed by atoms with Crippen molar-refractivity contribution in [2.45, 2.75) is 91.1 Å². The van der Waals surface area contributed by atoms with Gasteiger partial charge in [0.1, 0.15) is 17.7 Å². The van der Waals surface area contributed by atoms with Crippen LogP contribution in [-0.2, 0) is 14.3 Å². The number of hydrogen-bond acceptors (Lipinski definition) is 4. The second kappa shape index (κ2) is 9.20. The Morgan fingerprint density at radius 2 is 1.76 bits per heavy atom. The van der Waals surface area contributed by atoms with Crippen LogP contribution in [0.25, 0.3) is 0 Å². The largest absolute Gasteiger partial charge is 0.458 e. The van der Waals surface area contributed by atoms with Crippen molar-refractivity contribution in [2.24, 2.45) is 46.3 Å². The topological polar surface area (TPSA) is 60.4 Å². The van der Waals surface area contributed by atoms with Gasteiger partial charge >= 0.3 is 5.97 Å². The summed E-state index contributed by atoms with van der Waals surface area (Å²) in [7, 11) is 0. The summed E-state index contributed by atoms with van der Waals surface area (Å²) in [6, 6.07) is 9.31. The molecule has 0 amide bonds. The summed E-state index contributed by atoms with van der Waals surface area (Å²) < 4.78 is 5.97. The molecule has 0 N–H and O–H groups in total. The van der Waals surface area contributed by atoms with Gasteiger partial charge in [0.25, 0.3) is 0 Å². The number of fused-ring (bicyclic) bond motifs is 5. The molecule has 1 aromatic carbocycles. The standard InChI is InChI=1S/C33H42O4/c1-20(34)30-26(24-10-7-11-29(24)35)19-28-25-13-12-22-18-23(37-31(36)21-8-5-4-6-9-21)14-16-32(22,2)27(25)15-17-33(28,30)3/h4-6,8-9,12,23-28,30H,7,10-11,13-19H2,1-3H3/t23-,24?,25+,26-,27-,28-,30-,32-,33-/m0/s1. The van der Waals surface area contributed by atoms with Crippen LogP contribution in [0, 0.1) is 46.3 Å². The van der Waals surface area contributed by atoms with Gasteiger partial charge in [-0.05, 0) is 105 Å². The van der Waals surface area contributed by atoms with Gasteiger partial charge in [-0.1, -0.05) is 43.7 Å². The molecule has 6 rings (SSSR count). The molecule has 0 heterocycles. The normalized spacial score (nSPS) is 42.8. The summed E-state index contributed by atoms with van der Waals surface area (Å²) in [5.41, 5.74) is 2.27. The number of carbonyl (C=O) groups excluding carboxylic acids is 3. The summed E-state index contributed by atoms with van der Waals surface area (Å²) >= 11 is 0. The van der Waals surface area contributed by atoms with Crippen molar-refractivity contribution in [1.82, 2.24) is 0 Å². The second-order valence-electron chi connectivity index (χ2n) is 13.4. The van der Waals surface area contributed by atoms with Crippen LogP contribution in [0.3, 0.4) is 0 Å². The summed E-state index contributed by atoms with van der Waals surface area (Å²) in [6.45, 7) is 6.64. The SMILES string of the molecule is CC(=O)[C@H]1[C@H](C2CCCC2=O)C[C@H]2[C@@H]3CC=C4C[C@@H](OC(=O)c5ccccc5)CC[C@]4(C)[C@H]3CC[C@@]21C. The van der Waals surface area contributed by atoms with Gasteiger partial charge in [-0.2, -0.15) is 0 Å². The van der Waals surface area contributed by atoms with Crippen LogP contribution in [0.1, 0.15) is 95.3 Å². The van der Waals surface area contributed by atoms with E-state index in [-0.39, 0.29) is 40.7 Å². The zero-order valence-corrected chi connectivity index (χ0v) is 22.7. The Morgan fingerprint density at radius 3 is 2.46 bits per heavy atom. The van der Waals surface area contributed by atoms with E-state index in [0.717, 1.165) is 57.8 Å². The van der Waals surface area contributed by atoms with E-state index in [9.17, 15) is 14.4 Å². The molecular weight excluding hydrogens is 460 g/mol. The highest BCUT2D eigenvalue weighted by Gasteiger charge is 2.63. The first-order valence-electron chi connectivity index (χ1n) is 14.7. The molecule has 4 fully saturated rings.